The summed E-state index contributed by atoms with van der Waals surface area (Å²) < 4.78 is 6.89. The molecular weight excluding hydrogens is 316 g/mol. The van der Waals surface area contributed by atoms with Gasteiger partial charge in [-0.05, 0) is 56.6 Å². The second-order valence-corrected chi connectivity index (χ2v) is 6.33. The van der Waals surface area contributed by atoms with E-state index in [0.29, 0.717) is 0 Å². The Labute approximate surface area is 130 Å². The molecule has 0 amide bonds. The largest absolute Gasteiger partial charge is 0.492 e. The van der Waals surface area contributed by atoms with Gasteiger partial charge in [-0.1, -0.05) is 28.9 Å². The molecule has 1 saturated heterocycles. The Bertz CT molecular complexity index is 394. The molecule has 1 atom stereocenters. The van der Waals surface area contributed by atoms with Gasteiger partial charge in [-0.25, -0.2) is 0 Å². The third-order valence-corrected chi connectivity index (χ3v) is 4.33. The number of rotatable bonds is 7. The number of nitrogens with zero attached hydrogens (tertiary/aromatic N) is 1. The lowest BCUT2D eigenvalue weighted by atomic mass is 9.99. The average molecular weight is 341 g/mol. The fourth-order valence-electron chi connectivity index (χ4n) is 2.67. The van der Waals surface area contributed by atoms with Crippen LogP contribution >= 0.6 is 15.9 Å². The topological polar surface area (TPSA) is 24.5 Å². The third kappa shape index (κ3) is 5.43. The van der Waals surface area contributed by atoms with Crippen molar-refractivity contribution in [3.63, 3.8) is 0 Å². The van der Waals surface area contributed by atoms with Gasteiger partial charge in [0, 0.05) is 17.6 Å². The predicted octanol–water partition coefficient (Wildman–Crippen LogP) is 3.15. The molecule has 0 aromatic heterocycles. The SMILES string of the molecule is CCN(CCOc1cccc(Br)c1)CC1CCCNC1. The van der Waals surface area contributed by atoms with Crippen LogP contribution in [0.2, 0.25) is 0 Å². The van der Waals surface area contributed by atoms with Gasteiger partial charge < -0.3 is 10.1 Å². The van der Waals surface area contributed by atoms with E-state index in [2.05, 4.69) is 33.1 Å². The zero-order chi connectivity index (χ0) is 14.2. The first-order chi connectivity index (χ1) is 9.78. The van der Waals surface area contributed by atoms with Gasteiger partial charge in [0.05, 0.1) is 0 Å². The van der Waals surface area contributed by atoms with Gasteiger partial charge in [0.2, 0.25) is 0 Å². The highest BCUT2D eigenvalue weighted by Crippen LogP contribution is 2.17. The first-order valence-electron chi connectivity index (χ1n) is 7.59. The number of piperidine rings is 1. The van der Waals surface area contributed by atoms with Crippen LogP contribution in [0.15, 0.2) is 28.7 Å². The number of benzene rings is 1. The van der Waals surface area contributed by atoms with Gasteiger partial charge in [-0.15, -0.1) is 0 Å². The number of ether oxygens (including phenoxy) is 1. The molecule has 1 aromatic carbocycles. The summed E-state index contributed by atoms with van der Waals surface area (Å²) in [5, 5.41) is 3.49. The van der Waals surface area contributed by atoms with Gasteiger partial charge >= 0.3 is 0 Å². The van der Waals surface area contributed by atoms with Crippen LogP contribution in [0.3, 0.4) is 0 Å². The smallest absolute Gasteiger partial charge is 0.120 e. The lowest BCUT2D eigenvalue weighted by Gasteiger charge is -2.29. The molecule has 4 heteroatoms. The van der Waals surface area contributed by atoms with E-state index in [1.165, 1.54) is 32.5 Å². The Morgan fingerprint density at radius 2 is 2.35 bits per heavy atom. The zero-order valence-electron chi connectivity index (χ0n) is 12.3. The molecule has 20 heavy (non-hydrogen) atoms. The summed E-state index contributed by atoms with van der Waals surface area (Å²) in [6, 6.07) is 8.04. The standard InChI is InChI=1S/C16H25BrN2O/c1-2-19(13-14-5-4-8-18-12-14)9-10-20-16-7-3-6-15(17)11-16/h3,6-7,11,14,18H,2,4-5,8-10,12-13H2,1H3. The Morgan fingerprint density at radius 3 is 3.05 bits per heavy atom. The van der Waals surface area contributed by atoms with Gasteiger partial charge in [-0.2, -0.15) is 0 Å². The molecule has 1 aromatic rings. The maximum Gasteiger partial charge on any atom is 0.120 e. The maximum absolute atomic E-state index is 5.82. The Hall–Kier alpha value is -0.580. The summed E-state index contributed by atoms with van der Waals surface area (Å²) in [7, 11) is 0. The first-order valence-corrected chi connectivity index (χ1v) is 8.38. The molecular formula is C16H25BrN2O. The molecule has 0 aliphatic carbocycles. The van der Waals surface area contributed by atoms with Crippen LogP contribution in [0.5, 0.6) is 5.75 Å². The first kappa shape index (κ1) is 15.8. The minimum Gasteiger partial charge on any atom is -0.492 e. The number of halogens is 1. The quantitative estimate of drug-likeness (QED) is 0.825. The van der Waals surface area contributed by atoms with Crippen LogP contribution < -0.4 is 10.1 Å². The molecule has 1 aliphatic rings. The maximum atomic E-state index is 5.82. The summed E-state index contributed by atoms with van der Waals surface area (Å²) in [5.41, 5.74) is 0. The van der Waals surface area contributed by atoms with Crippen molar-refractivity contribution < 1.29 is 4.74 Å². The van der Waals surface area contributed by atoms with Crippen molar-refractivity contribution in [1.29, 1.82) is 0 Å². The molecule has 1 heterocycles. The van der Waals surface area contributed by atoms with Crippen LogP contribution in [-0.2, 0) is 0 Å². The Morgan fingerprint density at radius 1 is 1.45 bits per heavy atom. The van der Waals surface area contributed by atoms with Crippen molar-refractivity contribution in [2.75, 3.05) is 39.3 Å². The zero-order valence-corrected chi connectivity index (χ0v) is 13.9. The number of nitrogens with one attached hydrogen (secondary N) is 1. The number of hydrogen-bond donors (Lipinski definition) is 1. The molecule has 2 rings (SSSR count). The summed E-state index contributed by atoms with van der Waals surface area (Å²) in [4.78, 5) is 2.50. The van der Waals surface area contributed by atoms with E-state index in [0.717, 1.165) is 35.8 Å². The summed E-state index contributed by atoms with van der Waals surface area (Å²) in [6.45, 7) is 8.63. The summed E-state index contributed by atoms with van der Waals surface area (Å²) >= 11 is 3.47. The van der Waals surface area contributed by atoms with E-state index in [1.807, 2.05) is 24.3 Å². The second kappa shape index (κ2) is 8.65. The molecule has 112 valence electrons. The molecule has 0 radical (unpaired) electrons. The number of likely N-dealkylation sites (N-methyl/N-ethyl adjacent to an activating group) is 1. The third-order valence-electron chi connectivity index (χ3n) is 3.83. The van der Waals surface area contributed by atoms with Crippen molar-refractivity contribution in [3.05, 3.63) is 28.7 Å². The van der Waals surface area contributed by atoms with E-state index < -0.39 is 0 Å². The summed E-state index contributed by atoms with van der Waals surface area (Å²) in [5.74, 6) is 1.74. The highest BCUT2D eigenvalue weighted by Gasteiger charge is 2.15. The molecule has 0 bridgehead atoms. The fourth-order valence-corrected chi connectivity index (χ4v) is 3.05. The van der Waals surface area contributed by atoms with Crippen LogP contribution in [0.25, 0.3) is 0 Å². The molecule has 1 fully saturated rings. The van der Waals surface area contributed by atoms with E-state index in [-0.39, 0.29) is 0 Å². The van der Waals surface area contributed by atoms with E-state index in [9.17, 15) is 0 Å². The number of hydrogen-bond acceptors (Lipinski definition) is 3. The van der Waals surface area contributed by atoms with Gasteiger partial charge in [0.15, 0.2) is 0 Å². The molecule has 0 saturated carbocycles. The summed E-state index contributed by atoms with van der Waals surface area (Å²) in [6.07, 6.45) is 2.67. The van der Waals surface area contributed by atoms with E-state index >= 15 is 0 Å². The van der Waals surface area contributed by atoms with Crippen molar-refractivity contribution >= 4 is 15.9 Å². The van der Waals surface area contributed by atoms with Crippen molar-refractivity contribution in [3.8, 4) is 5.75 Å². The minimum atomic E-state index is 0.754. The second-order valence-electron chi connectivity index (χ2n) is 5.41. The lowest BCUT2D eigenvalue weighted by Crippen LogP contribution is -2.39. The van der Waals surface area contributed by atoms with Gasteiger partial charge in [-0.3, -0.25) is 4.90 Å². The predicted molar refractivity (Wildman–Crippen MR) is 87.3 cm³/mol. The van der Waals surface area contributed by atoms with Crippen LogP contribution in [0, 0.1) is 5.92 Å². The fraction of sp³-hybridized carbons (Fsp3) is 0.625. The monoisotopic (exact) mass is 340 g/mol. The van der Waals surface area contributed by atoms with E-state index in [4.69, 9.17) is 4.74 Å². The molecule has 3 nitrogen and oxygen atoms in total. The molecule has 1 aliphatic heterocycles. The van der Waals surface area contributed by atoms with Gasteiger partial charge in [0.25, 0.3) is 0 Å². The lowest BCUT2D eigenvalue weighted by molar-refractivity contribution is 0.179. The normalized spacial score (nSPS) is 19.2. The molecule has 0 spiro atoms. The average Bonchev–Trinajstić information content (AvgIpc) is 2.47. The van der Waals surface area contributed by atoms with Crippen molar-refractivity contribution in [2.24, 2.45) is 5.92 Å². The van der Waals surface area contributed by atoms with Crippen molar-refractivity contribution in [2.45, 2.75) is 19.8 Å². The Kier molecular flexibility index (Phi) is 6.83. The van der Waals surface area contributed by atoms with Crippen molar-refractivity contribution in [1.82, 2.24) is 10.2 Å². The van der Waals surface area contributed by atoms with Crippen LogP contribution in [-0.4, -0.2) is 44.2 Å². The van der Waals surface area contributed by atoms with Crippen LogP contribution in [0.1, 0.15) is 19.8 Å². The minimum absolute atomic E-state index is 0.754. The Balaban J connectivity index is 1.70. The molecule has 1 unspecified atom stereocenters. The van der Waals surface area contributed by atoms with Crippen LogP contribution in [0.4, 0.5) is 0 Å². The highest BCUT2D eigenvalue weighted by molar-refractivity contribution is 9.10. The molecule has 1 N–H and O–H groups in total. The highest BCUT2D eigenvalue weighted by atomic mass is 79.9. The van der Waals surface area contributed by atoms with E-state index in [1.54, 1.807) is 0 Å². The van der Waals surface area contributed by atoms with Gasteiger partial charge in [0.1, 0.15) is 12.4 Å².